The van der Waals surface area contributed by atoms with E-state index in [1.165, 1.54) is 16.9 Å². The number of aromatic nitrogens is 1. The molecular formula is C21H20N2OS. The molecule has 0 atom stereocenters. The molecular weight excluding hydrogens is 328 g/mol. The molecule has 3 nitrogen and oxygen atoms in total. The summed E-state index contributed by atoms with van der Waals surface area (Å²) < 4.78 is 3.03. The topological polar surface area (TPSA) is 34.4 Å². The van der Waals surface area contributed by atoms with Gasteiger partial charge in [0.15, 0.2) is 4.80 Å². The molecule has 0 bridgehead atoms. The Kier molecular flexibility index (Phi) is 4.87. The number of carbonyl (C=O) groups is 1. The normalized spacial score (nSPS) is 11.9. The molecule has 3 rings (SSSR count). The van der Waals surface area contributed by atoms with E-state index in [9.17, 15) is 4.79 Å². The number of carbonyl (C=O) groups excluding carboxylic acids is 1. The van der Waals surface area contributed by atoms with E-state index in [1.807, 2.05) is 29.7 Å². The summed E-state index contributed by atoms with van der Waals surface area (Å²) in [6.07, 6.45) is 5.53. The van der Waals surface area contributed by atoms with Crippen molar-refractivity contribution in [3.8, 4) is 12.3 Å². The van der Waals surface area contributed by atoms with Gasteiger partial charge in [0.2, 0.25) is 0 Å². The molecule has 0 unspecified atom stereocenters. The number of terminal acetylenes is 1. The average molecular weight is 348 g/mol. The van der Waals surface area contributed by atoms with Crippen molar-refractivity contribution < 1.29 is 4.79 Å². The van der Waals surface area contributed by atoms with Crippen molar-refractivity contribution in [1.82, 2.24) is 4.57 Å². The van der Waals surface area contributed by atoms with Crippen molar-refractivity contribution in [3.63, 3.8) is 0 Å². The molecule has 0 aliphatic heterocycles. The minimum atomic E-state index is -0.237. The Morgan fingerprint density at radius 3 is 2.72 bits per heavy atom. The Morgan fingerprint density at radius 2 is 2.04 bits per heavy atom. The number of thiazole rings is 1. The third kappa shape index (κ3) is 3.42. The van der Waals surface area contributed by atoms with Gasteiger partial charge in [-0.1, -0.05) is 55.4 Å². The molecule has 4 heteroatoms. The first-order chi connectivity index (χ1) is 12.0. The second-order valence-electron chi connectivity index (χ2n) is 6.29. The monoisotopic (exact) mass is 348 g/mol. The predicted molar refractivity (Wildman–Crippen MR) is 104 cm³/mol. The minimum Gasteiger partial charge on any atom is -0.305 e. The van der Waals surface area contributed by atoms with E-state index >= 15 is 0 Å². The van der Waals surface area contributed by atoms with Crippen LogP contribution < -0.4 is 4.80 Å². The van der Waals surface area contributed by atoms with Gasteiger partial charge in [0.05, 0.1) is 16.8 Å². The van der Waals surface area contributed by atoms with Gasteiger partial charge in [-0.15, -0.1) is 6.42 Å². The summed E-state index contributed by atoms with van der Waals surface area (Å²) in [5.74, 6) is 2.87. The van der Waals surface area contributed by atoms with E-state index in [4.69, 9.17) is 6.42 Å². The number of aryl methyl sites for hydroxylation is 1. The smallest absolute Gasteiger partial charge is 0.279 e. The summed E-state index contributed by atoms with van der Waals surface area (Å²) in [4.78, 5) is 17.6. The Morgan fingerprint density at radius 1 is 1.28 bits per heavy atom. The van der Waals surface area contributed by atoms with Crippen LogP contribution in [-0.2, 0) is 6.54 Å². The molecule has 0 N–H and O–H groups in total. The highest BCUT2D eigenvalue weighted by Gasteiger charge is 2.11. The third-order valence-corrected chi connectivity index (χ3v) is 5.24. The fraction of sp³-hybridized carbons (Fsp3) is 0.238. The van der Waals surface area contributed by atoms with Crippen LogP contribution in [0, 0.1) is 19.3 Å². The second kappa shape index (κ2) is 7.08. The lowest BCUT2D eigenvalue weighted by Crippen LogP contribution is -2.16. The van der Waals surface area contributed by atoms with Crippen LogP contribution in [0.5, 0.6) is 0 Å². The zero-order chi connectivity index (χ0) is 18.0. The van der Waals surface area contributed by atoms with Crippen molar-refractivity contribution >= 4 is 27.5 Å². The van der Waals surface area contributed by atoms with Crippen molar-refractivity contribution in [3.05, 3.63) is 64.0 Å². The molecule has 1 heterocycles. The highest BCUT2D eigenvalue weighted by atomic mass is 32.1. The average Bonchev–Trinajstić information content (AvgIpc) is 2.92. The number of rotatable bonds is 3. The molecule has 0 fully saturated rings. The van der Waals surface area contributed by atoms with Gasteiger partial charge in [0, 0.05) is 5.56 Å². The molecule has 0 saturated heterocycles. The summed E-state index contributed by atoms with van der Waals surface area (Å²) >= 11 is 1.50. The quantitative estimate of drug-likeness (QED) is 0.641. The molecule has 2 aromatic carbocycles. The number of hydrogen-bond donors (Lipinski definition) is 0. The van der Waals surface area contributed by atoms with Crippen LogP contribution in [-0.4, -0.2) is 10.5 Å². The first kappa shape index (κ1) is 17.2. The van der Waals surface area contributed by atoms with Gasteiger partial charge >= 0.3 is 0 Å². The first-order valence-electron chi connectivity index (χ1n) is 8.22. The number of benzene rings is 2. The number of hydrogen-bond acceptors (Lipinski definition) is 2. The summed E-state index contributed by atoms with van der Waals surface area (Å²) in [5.41, 5.74) is 3.82. The van der Waals surface area contributed by atoms with Crippen LogP contribution in [0.2, 0.25) is 0 Å². The maximum Gasteiger partial charge on any atom is 0.279 e. The SMILES string of the molecule is C#CCn1c(=NC(=O)c2ccccc2C)sc2cc(C(C)C)ccc21. The molecule has 0 aliphatic rings. The molecule has 1 amide bonds. The Balaban J connectivity index is 2.17. The van der Waals surface area contributed by atoms with Crippen molar-refractivity contribution in [1.29, 1.82) is 0 Å². The number of fused-ring (bicyclic) bond motifs is 1. The molecule has 3 aromatic rings. The van der Waals surface area contributed by atoms with E-state index in [1.54, 1.807) is 6.07 Å². The van der Waals surface area contributed by atoms with Crippen LogP contribution in [0.25, 0.3) is 10.2 Å². The van der Waals surface area contributed by atoms with Gasteiger partial charge < -0.3 is 4.57 Å². The Labute approximate surface area is 151 Å². The minimum absolute atomic E-state index is 0.237. The fourth-order valence-corrected chi connectivity index (χ4v) is 3.81. The van der Waals surface area contributed by atoms with Crippen molar-refractivity contribution in [2.24, 2.45) is 4.99 Å². The van der Waals surface area contributed by atoms with Gasteiger partial charge in [-0.25, -0.2) is 0 Å². The summed E-state index contributed by atoms with van der Waals surface area (Å²) in [6.45, 7) is 6.63. The molecule has 0 radical (unpaired) electrons. The van der Waals surface area contributed by atoms with Crippen LogP contribution >= 0.6 is 11.3 Å². The van der Waals surface area contributed by atoms with Crippen molar-refractivity contribution in [2.75, 3.05) is 0 Å². The summed E-state index contributed by atoms with van der Waals surface area (Å²) in [6, 6.07) is 13.8. The lowest BCUT2D eigenvalue weighted by molar-refractivity contribution is 0.0997. The standard InChI is InChI=1S/C21H20N2OS/c1-5-12-23-18-11-10-16(14(2)3)13-19(18)25-21(23)22-20(24)17-9-7-6-8-15(17)4/h1,6-11,13-14H,12H2,2-4H3. The highest BCUT2D eigenvalue weighted by molar-refractivity contribution is 7.16. The zero-order valence-electron chi connectivity index (χ0n) is 14.6. The van der Waals surface area contributed by atoms with Crippen LogP contribution in [0.1, 0.15) is 41.3 Å². The van der Waals surface area contributed by atoms with E-state index in [-0.39, 0.29) is 5.91 Å². The molecule has 1 aromatic heterocycles. The molecule has 0 spiro atoms. The van der Waals surface area contributed by atoms with E-state index < -0.39 is 0 Å². The maximum atomic E-state index is 12.6. The summed E-state index contributed by atoms with van der Waals surface area (Å²) in [5, 5.41) is 0. The first-order valence-corrected chi connectivity index (χ1v) is 9.04. The number of nitrogens with zero attached hydrogens (tertiary/aromatic N) is 2. The summed E-state index contributed by atoms with van der Waals surface area (Å²) in [7, 11) is 0. The predicted octanol–water partition coefficient (Wildman–Crippen LogP) is 4.51. The van der Waals surface area contributed by atoms with Crippen LogP contribution in [0.15, 0.2) is 47.5 Å². The third-order valence-electron chi connectivity index (χ3n) is 4.20. The van der Waals surface area contributed by atoms with Gasteiger partial charge in [-0.2, -0.15) is 4.99 Å². The maximum absolute atomic E-state index is 12.6. The molecule has 25 heavy (non-hydrogen) atoms. The van der Waals surface area contributed by atoms with Crippen molar-refractivity contribution in [2.45, 2.75) is 33.2 Å². The molecule has 0 aliphatic carbocycles. The number of amides is 1. The molecule has 0 saturated carbocycles. The Hall–Kier alpha value is -2.64. The zero-order valence-corrected chi connectivity index (χ0v) is 15.4. The molecule has 126 valence electrons. The lowest BCUT2D eigenvalue weighted by atomic mass is 10.0. The Bertz CT molecular complexity index is 1050. The lowest BCUT2D eigenvalue weighted by Gasteiger charge is -2.05. The van der Waals surface area contributed by atoms with Gasteiger partial charge in [0.1, 0.15) is 0 Å². The van der Waals surface area contributed by atoms with Gasteiger partial charge in [-0.3, -0.25) is 4.79 Å². The van der Waals surface area contributed by atoms with Gasteiger partial charge in [-0.05, 0) is 42.2 Å². The van der Waals surface area contributed by atoms with E-state index in [0.717, 1.165) is 15.8 Å². The van der Waals surface area contributed by atoms with Crippen LogP contribution in [0.3, 0.4) is 0 Å². The van der Waals surface area contributed by atoms with E-state index in [0.29, 0.717) is 22.8 Å². The highest BCUT2D eigenvalue weighted by Crippen LogP contribution is 2.23. The van der Waals surface area contributed by atoms with Gasteiger partial charge in [0.25, 0.3) is 5.91 Å². The van der Waals surface area contributed by atoms with Crippen LogP contribution in [0.4, 0.5) is 0 Å². The van der Waals surface area contributed by atoms with E-state index in [2.05, 4.69) is 43.0 Å². The fourth-order valence-electron chi connectivity index (χ4n) is 2.74. The second-order valence-corrected chi connectivity index (χ2v) is 7.30. The largest absolute Gasteiger partial charge is 0.305 e.